The topological polar surface area (TPSA) is 20.3 Å². The summed E-state index contributed by atoms with van der Waals surface area (Å²) in [6.45, 7) is 2.40. The first kappa shape index (κ1) is 25.0. The highest BCUT2D eigenvalue weighted by atomic mass is 35.5. The molecule has 36 heavy (non-hydrogen) atoms. The van der Waals surface area contributed by atoms with Crippen LogP contribution < -0.4 is 0 Å². The summed E-state index contributed by atoms with van der Waals surface area (Å²) in [6.07, 6.45) is 6.50. The highest BCUT2D eigenvalue weighted by Crippen LogP contribution is 2.42. The molecule has 1 heterocycles. The zero-order chi connectivity index (χ0) is 25.1. The third-order valence-corrected chi connectivity index (χ3v) is 7.54. The van der Waals surface area contributed by atoms with Gasteiger partial charge >= 0.3 is 0 Å². The van der Waals surface area contributed by atoms with Gasteiger partial charge in [0, 0.05) is 35.2 Å². The van der Waals surface area contributed by atoms with Crippen LogP contribution in [0.4, 0.5) is 4.39 Å². The predicted octanol–water partition coefficient (Wildman–Crippen LogP) is 8.16. The normalized spacial score (nSPS) is 15.8. The lowest BCUT2D eigenvalue weighted by Gasteiger charge is -2.33. The van der Waals surface area contributed by atoms with Gasteiger partial charge in [-0.25, -0.2) is 0 Å². The van der Waals surface area contributed by atoms with Gasteiger partial charge < -0.3 is 0 Å². The molecule has 1 saturated heterocycles. The zero-order valence-electron chi connectivity index (χ0n) is 20.1. The molecule has 0 unspecified atom stereocenters. The molecule has 0 bridgehead atoms. The van der Waals surface area contributed by atoms with Crippen LogP contribution in [-0.2, 0) is 6.42 Å². The maximum Gasteiger partial charge on any atom is 0.150 e. The Labute approximate surface area is 222 Å². The molecule has 0 N–H and O–H groups in total. The SMILES string of the molecule is O=Cc1ccc2c(c1)CCCC(c1ccc(Cl)cc1Cl)=C2c1ccc(C=C2CN(CCCF)C2)cc1. The number of hydrogen-bond donors (Lipinski definition) is 0. The van der Waals surface area contributed by atoms with Gasteiger partial charge in [0.15, 0.2) is 0 Å². The molecule has 0 aromatic heterocycles. The molecular weight excluding hydrogens is 492 g/mol. The van der Waals surface area contributed by atoms with Crippen molar-refractivity contribution in [3.8, 4) is 0 Å². The van der Waals surface area contributed by atoms with Crippen LogP contribution in [-0.4, -0.2) is 37.5 Å². The molecule has 3 aromatic rings. The van der Waals surface area contributed by atoms with Crippen molar-refractivity contribution in [1.82, 2.24) is 4.90 Å². The monoisotopic (exact) mass is 519 g/mol. The minimum Gasteiger partial charge on any atom is -0.298 e. The molecule has 0 saturated carbocycles. The van der Waals surface area contributed by atoms with Crippen LogP contribution in [0.25, 0.3) is 17.2 Å². The minimum atomic E-state index is -0.254. The molecule has 1 aliphatic heterocycles. The second-order valence-corrected chi connectivity index (χ2v) is 10.4. The van der Waals surface area contributed by atoms with Crippen molar-refractivity contribution in [1.29, 1.82) is 0 Å². The van der Waals surface area contributed by atoms with Gasteiger partial charge in [0.2, 0.25) is 0 Å². The van der Waals surface area contributed by atoms with E-state index in [0.717, 1.165) is 73.0 Å². The third kappa shape index (κ3) is 5.34. The standard InChI is InChI=1S/C31H28Cl2FNO/c32-26-10-12-28(30(33)17-26)29-4-1-3-25-16-22(20-36)7-11-27(25)31(29)24-8-5-21(6-9-24)15-23-18-35(19-23)14-2-13-34/h5-12,15-17,20H,1-4,13-14,18-19H2. The van der Waals surface area contributed by atoms with Gasteiger partial charge in [-0.1, -0.05) is 71.7 Å². The Morgan fingerprint density at radius 1 is 0.889 bits per heavy atom. The van der Waals surface area contributed by atoms with Crippen molar-refractivity contribution in [3.05, 3.63) is 110 Å². The Kier molecular flexibility index (Phi) is 7.71. The second kappa shape index (κ2) is 11.1. The maximum atomic E-state index is 12.4. The lowest BCUT2D eigenvalue weighted by atomic mass is 9.87. The molecular formula is C31H28Cl2FNO. The van der Waals surface area contributed by atoms with Gasteiger partial charge in [-0.2, -0.15) is 0 Å². The molecule has 1 fully saturated rings. The number of nitrogens with zero attached hydrogens (tertiary/aromatic N) is 1. The molecule has 5 heteroatoms. The summed E-state index contributed by atoms with van der Waals surface area (Å²) in [6, 6.07) is 20.3. The van der Waals surface area contributed by atoms with E-state index < -0.39 is 0 Å². The molecule has 2 aliphatic rings. The number of hydrogen-bond acceptors (Lipinski definition) is 2. The lowest BCUT2D eigenvalue weighted by Crippen LogP contribution is -2.40. The van der Waals surface area contributed by atoms with Gasteiger partial charge in [-0.3, -0.25) is 14.1 Å². The third-order valence-electron chi connectivity index (χ3n) is 7.00. The number of fused-ring (bicyclic) bond motifs is 1. The van der Waals surface area contributed by atoms with Gasteiger partial charge in [0.05, 0.1) is 6.67 Å². The van der Waals surface area contributed by atoms with Crippen molar-refractivity contribution < 1.29 is 9.18 Å². The minimum absolute atomic E-state index is 0.254. The van der Waals surface area contributed by atoms with E-state index in [9.17, 15) is 9.18 Å². The quantitative estimate of drug-likeness (QED) is 0.293. The Bertz CT molecular complexity index is 1340. The summed E-state index contributed by atoms with van der Waals surface area (Å²) in [7, 11) is 0. The molecule has 0 spiro atoms. The maximum absolute atomic E-state index is 12.4. The number of carbonyl (C=O) groups excluding carboxylic acids is 1. The Morgan fingerprint density at radius 3 is 2.36 bits per heavy atom. The molecule has 3 aromatic carbocycles. The predicted molar refractivity (Wildman–Crippen MR) is 149 cm³/mol. The van der Waals surface area contributed by atoms with Crippen LogP contribution in [0.3, 0.4) is 0 Å². The largest absolute Gasteiger partial charge is 0.298 e. The highest BCUT2D eigenvalue weighted by molar-refractivity contribution is 6.36. The Hall–Kier alpha value is -2.72. The van der Waals surface area contributed by atoms with Crippen LogP contribution in [0.5, 0.6) is 0 Å². The van der Waals surface area contributed by atoms with E-state index in [1.807, 2.05) is 24.3 Å². The van der Waals surface area contributed by atoms with Gasteiger partial charge in [0.1, 0.15) is 6.29 Å². The van der Waals surface area contributed by atoms with Crippen LogP contribution in [0.2, 0.25) is 10.0 Å². The van der Waals surface area contributed by atoms with E-state index in [1.54, 1.807) is 6.07 Å². The number of likely N-dealkylation sites (tertiary alicyclic amines) is 1. The summed E-state index contributed by atoms with van der Waals surface area (Å²) in [4.78, 5) is 13.7. The van der Waals surface area contributed by atoms with E-state index >= 15 is 0 Å². The highest BCUT2D eigenvalue weighted by Gasteiger charge is 2.22. The van der Waals surface area contributed by atoms with Crippen molar-refractivity contribution in [2.24, 2.45) is 0 Å². The molecule has 5 rings (SSSR count). The second-order valence-electron chi connectivity index (χ2n) is 9.54. The summed E-state index contributed by atoms with van der Waals surface area (Å²) in [5.74, 6) is 0. The van der Waals surface area contributed by atoms with Crippen LogP contribution in [0, 0.1) is 0 Å². The van der Waals surface area contributed by atoms with Gasteiger partial charge in [-0.05, 0) is 88.4 Å². The van der Waals surface area contributed by atoms with Crippen LogP contribution >= 0.6 is 23.2 Å². The molecule has 2 nitrogen and oxygen atoms in total. The van der Waals surface area contributed by atoms with E-state index in [0.29, 0.717) is 22.0 Å². The van der Waals surface area contributed by atoms with Crippen LogP contribution in [0.1, 0.15) is 57.4 Å². The summed E-state index contributed by atoms with van der Waals surface area (Å²) < 4.78 is 12.4. The van der Waals surface area contributed by atoms with E-state index in [4.69, 9.17) is 23.2 Å². The van der Waals surface area contributed by atoms with E-state index in [2.05, 4.69) is 41.3 Å². The Balaban J connectivity index is 1.54. The first-order chi connectivity index (χ1) is 17.6. The fraction of sp³-hybridized carbons (Fsp3) is 0.258. The summed E-state index contributed by atoms with van der Waals surface area (Å²) >= 11 is 12.9. The number of benzene rings is 3. The van der Waals surface area contributed by atoms with Crippen molar-refractivity contribution in [2.75, 3.05) is 26.3 Å². The number of alkyl halides is 1. The molecule has 0 amide bonds. The van der Waals surface area contributed by atoms with Crippen molar-refractivity contribution in [2.45, 2.75) is 25.7 Å². The average Bonchev–Trinajstić information content (AvgIpc) is 3.04. The van der Waals surface area contributed by atoms with Crippen molar-refractivity contribution >= 4 is 46.7 Å². The van der Waals surface area contributed by atoms with Crippen molar-refractivity contribution in [3.63, 3.8) is 0 Å². The lowest BCUT2D eigenvalue weighted by molar-refractivity contribution is 0.112. The molecule has 184 valence electrons. The number of carbonyl (C=O) groups is 1. The number of rotatable bonds is 7. The number of halogens is 3. The molecule has 1 aliphatic carbocycles. The van der Waals surface area contributed by atoms with Gasteiger partial charge in [0.25, 0.3) is 0 Å². The first-order valence-corrected chi connectivity index (χ1v) is 13.2. The fourth-order valence-corrected chi connectivity index (χ4v) is 5.78. The number of allylic oxidation sites excluding steroid dienone is 1. The van der Waals surface area contributed by atoms with Gasteiger partial charge in [-0.15, -0.1) is 0 Å². The van der Waals surface area contributed by atoms with Crippen LogP contribution in [0.15, 0.2) is 66.2 Å². The number of aryl methyl sites for hydroxylation is 1. The zero-order valence-corrected chi connectivity index (χ0v) is 21.6. The molecule has 0 radical (unpaired) electrons. The summed E-state index contributed by atoms with van der Waals surface area (Å²) in [5.41, 5.74) is 10.0. The first-order valence-electron chi connectivity index (χ1n) is 12.4. The smallest absolute Gasteiger partial charge is 0.150 e. The number of aldehydes is 1. The summed E-state index contributed by atoms with van der Waals surface area (Å²) in [5, 5.41) is 1.26. The fourth-order valence-electron chi connectivity index (χ4n) is 5.26. The average molecular weight is 520 g/mol. The molecule has 0 atom stereocenters. The van der Waals surface area contributed by atoms with E-state index in [-0.39, 0.29) is 6.67 Å². The van der Waals surface area contributed by atoms with E-state index in [1.165, 1.54) is 16.7 Å². The Morgan fingerprint density at radius 2 is 1.64 bits per heavy atom.